The highest BCUT2D eigenvalue weighted by molar-refractivity contribution is 5.83. The Morgan fingerprint density at radius 1 is 1.23 bits per heavy atom. The van der Waals surface area contributed by atoms with E-state index in [1.54, 1.807) is 23.1 Å². The molecule has 2 atom stereocenters. The van der Waals surface area contributed by atoms with Crippen LogP contribution in [0.5, 0.6) is 11.5 Å². The highest BCUT2D eigenvalue weighted by Crippen LogP contribution is 2.28. The van der Waals surface area contributed by atoms with E-state index >= 15 is 0 Å². The molecule has 1 saturated heterocycles. The van der Waals surface area contributed by atoms with Crippen molar-refractivity contribution in [1.29, 1.82) is 0 Å². The van der Waals surface area contributed by atoms with Crippen molar-refractivity contribution in [2.24, 2.45) is 5.10 Å². The Kier molecular flexibility index (Phi) is 8.33. The second-order valence-electron chi connectivity index (χ2n) is 7.94. The summed E-state index contributed by atoms with van der Waals surface area (Å²) in [5, 5.41) is 7.09. The van der Waals surface area contributed by atoms with Gasteiger partial charge < -0.3 is 19.1 Å². The van der Waals surface area contributed by atoms with Crippen molar-refractivity contribution in [2.75, 3.05) is 26.8 Å². The lowest BCUT2D eigenvalue weighted by atomic mass is 10.2. The molecule has 13 heteroatoms. The van der Waals surface area contributed by atoms with Gasteiger partial charge in [0.05, 0.1) is 25.5 Å². The van der Waals surface area contributed by atoms with Crippen molar-refractivity contribution in [1.82, 2.24) is 20.1 Å². The number of ether oxygens (including phenoxy) is 3. The molecule has 190 valence electrons. The van der Waals surface area contributed by atoms with E-state index in [0.717, 1.165) is 16.9 Å². The average Bonchev–Trinajstić information content (AvgIpc) is 3.26. The molecular formula is C22H26F3N5O5. The Morgan fingerprint density at radius 2 is 1.94 bits per heavy atom. The average molecular weight is 497 g/mol. The Hall–Kier alpha value is -3.61. The van der Waals surface area contributed by atoms with E-state index < -0.39 is 24.3 Å². The fourth-order valence-electron chi connectivity index (χ4n) is 3.46. The number of benzene rings is 1. The van der Waals surface area contributed by atoms with E-state index in [-0.39, 0.29) is 24.7 Å². The summed E-state index contributed by atoms with van der Waals surface area (Å²) in [6.07, 6.45) is -2.29. The van der Waals surface area contributed by atoms with Gasteiger partial charge in [0.25, 0.3) is 11.8 Å². The minimum Gasteiger partial charge on any atom is -0.493 e. The number of methoxy groups -OCH3 is 1. The topological polar surface area (TPSA) is 107 Å². The molecule has 3 rings (SSSR count). The number of hydrogen-bond acceptors (Lipinski definition) is 7. The molecule has 1 aliphatic heterocycles. The number of hydrazone groups is 1. The van der Waals surface area contributed by atoms with Gasteiger partial charge in [-0.05, 0) is 43.7 Å². The fraction of sp³-hybridized carbons (Fsp3) is 0.455. The number of carbonyl (C=O) groups excluding carboxylic acids is 2. The lowest BCUT2D eigenvalue weighted by molar-refractivity contribution is -0.145. The van der Waals surface area contributed by atoms with Gasteiger partial charge in [0.1, 0.15) is 6.54 Å². The smallest absolute Gasteiger partial charge is 0.435 e. The van der Waals surface area contributed by atoms with Gasteiger partial charge in [-0.25, -0.2) is 5.43 Å². The number of carbonyl (C=O) groups is 2. The number of hydrogen-bond donors (Lipinski definition) is 1. The molecule has 35 heavy (non-hydrogen) atoms. The molecule has 0 radical (unpaired) electrons. The van der Waals surface area contributed by atoms with E-state index in [1.807, 2.05) is 13.8 Å². The van der Waals surface area contributed by atoms with Crippen LogP contribution in [0.15, 0.2) is 35.6 Å². The third-order valence-corrected chi connectivity index (χ3v) is 4.95. The van der Waals surface area contributed by atoms with Crippen molar-refractivity contribution in [3.63, 3.8) is 0 Å². The van der Waals surface area contributed by atoms with Gasteiger partial charge >= 0.3 is 6.18 Å². The lowest BCUT2D eigenvalue weighted by Gasteiger charge is -2.35. The SMILES string of the molecule is COc1cc(C=NNC(=O)Cn2ccc(C(F)(F)F)n2)ccc1OCC(=O)N1CC(C)OC(C)C1. The second kappa shape index (κ2) is 11.2. The summed E-state index contributed by atoms with van der Waals surface area (Å²) < 4.78 is 55.2. The third-order valence-electron chi connectivity index (χ3n) is 4.95. The van der Waals surface area contributed by atoms with Crippen LogP contribution in [0, 0.1) is 0 Å². The van der Waals surface area contributed by atoms with Crippen molar-refractivity contribution in [2.45, 2.75) is 38.8 Å². The van der Waals surface area contributed by atoms with Crippen LogP contribution in [0.25, 0.3) is 0 Å². The first kappa shape index (κ1) is 26.0. The molecule has 1 aromatic heterocycles. The van der Waals surface area contributed by atoms with E-state index in [9.17, 15) is 22.8 Å². The summed E-state index contributed by atoms with van der Waals surface area (Å²) in [4.78, 5) is 26.1. The van der Waals surface area contributed by atoms with Crippen LogP contribution in [0.1, 0.15) is 25.1 Å². The monoisotopic (exact) mass is 497 g/mol. The predicted octanol–water partition coefficient (Wildman–Crippen LogP) is 2.08. The van der Waals surface area contributed by atoms with Gasteiger partial charge in [0.15, 0.2) is 23.8 Å². The molecule has 1 fully saturated rings. The first-order valence-corrected chi connectivity index (χ1v) is 10.7. The fourth-order valence-corrected chi connectivity index (χ4v) is 3.46. The number of nitrogens with zero attached hydrogens (tertiary/aromatic N) is 4. The number of morpholine rings is 1. The van der Waals surface area contributed by atoms with E-state index in [2.05, 4.69) is 15.6 Å². The molecule has 2 aromatic rings. The van der Waals surface area contributed by atoms with Crippen LogP contribution in [-0.4, -0.2) is 71.7 Å². The van der Waals surface area contributed by atoms with Crippen LogP contribution >= 0.6 is 0 Å². The van der Waals surface area contributed by atoms with Crippen LogP contribution in [0.3, 0.4) is 0 Å². The predicted molar refractivity (Wildman–Crippen MR) is 118 cm³/mol. The standard InChI is InChI=1S/C22H26F3N5O5/c1-14-10-29(11-15(2)35-14)21(32)13-34-17-5-4-16(8-18(17)33-3)9-26-27-20(31)12-30-7-6-19(28-30)22(23,24)25/h4-9,14-15H,10-13H2,1-3H3,(H,27,31). The summed E-state index contributed by atoms with van der Waals surface area (Å²) in [6.45, 7) is 4.21. The zero-order valence-corrected chi connectivity index (χ0v) is 19.4. The maximum absolute atomic E-state index is 12.6. The second-order valence-corrected chi connectivity index (χ2v) is 7.94. The molecule has 0 aliphatic carbocycles. The molecule has 1 aliphatic rings. The minimum absolute atomic E-state index is 0.0480. The Bertz CT molecular complexity index is 1060. The van der Waals surface area contributed by atoms with Crippen molar-refractivity contribution >= 4 is 18.0 Å². The molecule has 2 amide bonds. The molecule has 2 heterocycles. The molecule has 0 saturated carbocycles. The van der Waals surface area contributed by atoms with Gasteiger partial charge in [-0.1, -0.05) is 0 Å². The maximum atomic E-state index is 12.6. The van der Waals surface area contributed by atoms with Gasteiger partial charge in [0.2, 0.25) is 0 Å². The van der Waals surface area contributed by atoms with E-state index in [0.29, 0.717) is 30.2 Å². The molecular weight excluding hydrogens is 471 g/mol. The number of alkyl halides is 3. The van der Waals surface area contributed by atoms with Crippen LogP contribution in [-0.2, 0) is 27.0 Å². The minimum atomic E-state index is -4.58. The maximum Gasteiger partial charge on any atom is 0.435 e. The Labute approximate surface area is 199 Å². The zero-order valence-electron chi connectivity index (χ0n) is 19.4. The van der Waals surface area contributed by atoms with Crippen LogP contribution in [0.4, 0.5) is 13.2 Å². The van der Waals surface area contributed by atoms with Crippen LogP contribution in [0.2, 0.25) is 0 Å². The number of rotatable bonds is 8. The first-order chi connectivity index (χ1) is 16.5. The summed E-state index contributed by atoms with van der Waals surface area (Å²) in [6, 6.07) is 5.61. The Morgan fingerprint density at radius 3 is 2.57 bits per heavy atom. The summed E-state index contributed by atoms with van der Waals surface area (Å²) in [7, 11) is 1.44. The van der Waals surface area contributed by atoms with Gasteiger partial charge in [-0.2, -0.15) is 23.4 Å². The van der Waals surface area contributed by atoms with Crippen molar-refractivity contribution in [3.8, 4) is 11.5 Å². The number of amides is 2. The summed E-state index contributed by atoms with van der Waals surface area (Å²) >= 11 is 0. The van der Waals surface area contributed by atoms with Gasteiger partial charge in [0, 0.05) is 19.3 Å². The Balaban J connectivity index is 1.52. The summed E-state index contributed by atoms with van der Waals surface area (Å²) in [5.41, 5.74) is 1.69. The lowest BCUT2D eigenvalue weighted by Crippen LogP contribution is -2.49. The van der Waals surface area contributed by atoms with Crippen molar-refractivity contribution in [3.05, 3.63) is 41.7 Å². The molecule has 10 nitrogen and oxygen atoms in total. The largest absolute Gasteiger partial charge is 0.493 e. The number of nitrogens with one attached hydrogen (secondary N) is 1. The molecule has 0 bridgehead atoms. The van der Waals surface area contributed by atoms with E-state index in [1.165, 1.54) is 13.3 Å². The number of aromatic nitrogens is 2. The quantitative estimate of drug-likeness (QED) is 0.442. The molecule has 0 spiro atoms. The van der Waals surface area contributed by atoms with E-state index in [4.69, 9.17) is 14.2 Å². The molecule has 2 unspecified atom stereocenters. The van der Waals surface area contributed by atoms with Gasteiger partial charge in [-0.15, -0.1) is 0 Å². The number of halogens is 3. The first-order valence-electron chi connectivity index (χ1n) is 10.7. The molecule has 1 N–H and O–H groups in total. The summed E-state index contributed by atoms with van der Waals surface area (Å²) in [5.74, 6) is -0.110. The zero-order chi connectivity index (χ0) is 25.6. The van der Waals surface area contributed by atoms with Gasteiger partial charge in [-0.3, -0.25) is 14.3 Å². The normalized spacial score (nSPS) is 18.5. The molecule has 1 aromatic carbocycles. The van der Waals surface area contributed by atoms with Crippen LogP contribution < -0.4 is 14.9 Å². The highest BCUT2D eigenvalue weighted by Gasteiger charge is 2.33. The highest BCUT2D eigenvalue weighted by atomic mass is 19.4. The third kappa shape index (κ3) is 7.44. The van der Waals surface area contributed by atoms with Crippen molar-refractivity contribution < 1.29 is 37.0 Å².